The number of hydrogen-bond donors (Lipinski definition) is 2. The van der Waals surface area contributed by atoms with Gasteiger partial charge in [0.15, 0.2) is 0 Å². The summed E-state index contributed by atoms with van der Waals surface area (Å²) < 4.78 is 27.5. The molecule has 3 aromatic rings. The Morgan fingerprint density at radius 3 is 2.54 bits per heavy atom. The molecule has 134 valence electrons. The number of benzene rings is 2. The predicted octanol–water partition coefficient (Wildman–Crippen LogP) is 3.15. The van der Waals surface area contributed by atoms with Crippen LogP contribution in [0.15, 0.2) is 59.5 Å². The fraction of sp³-hybridized carbons (Fsp3) is 0.118. The zero-order chi connectivity index (χ0) is 18.6. The van der Waals surface area contributed by atoms with Crippen LogP contribution in [0.5, 0.6) is 0 Å². The number of rotatable bonds is 6. The number of para-hydroxylation sites is 1. The highest BCUT2D eigenvalue weighted by Gasteiger charge is 2.17. The summed E-state index contributed by atoms with van der Waals surface area (Å²) in [6.45, 7) is 1.94. The number of nitrogens with one attached hydrogen (secondary N) is 2. The van der Waals surface area contributed by atoms with E-state index in [0.29, 0.717) is 10.8 Å². The van der Waals surface area contributed by atoms with E-state index < -0.39 is 15.9 Å². The normalized spacial score (nSPS) is 11.1. The molecule has 0 aliphatic heterocycles. The Bertz CT molecular complexity index is 1020. The van der Waals surface area contributed by atoms with Crippen molar-refractivity contribution in [3.63, 3.8) is 0 Å². The summed E-state index contributed by atoms with van der Waals surface area (Å²) in [4.78, 5) is 12.4. The van der Waals surface area contributed by atoms with E-state index >= 15 is 0 Å². The highest BCUT2D eigenvalue weighted by Crippen LogP contribution is 2.19. The molecule has 0 saturated heterocycles. The van der Waals surface area contributed by atoms with Gasteiger partial charge in [-0.2, -0.15) is 0 Å². The smallest absolute Gasteiger partial charge is 0.261 e. The minimum Gasteiger partial charge on any atom is -0.296 e. The Morgan fingerprint density at radius 2 is 1.85 bits per heavy atom. The molecule has 7 nitrogen and oxygen atoms in total. The zero-order valence-corrected chi connectivity index (χ0v) is 15.5. The summed E-state index contributed by atoms with van der Waals surface area (Å²) in [5, 5.41) is 11.6. The fourth-order valence-corrected chi connectivity index (χ4v) is 3.92. The number of hydrogen-bond acceptors (Lipinski definition) is 6. The molecule has 0 aliphatic carbocycles. The average Bonchev–Trinajstić information content (AvgIpc) is 3.10. The second-order valence-corrected chi connectivity index (χ2v) is 8.05. The molecule has 26 heavy (non-hydrogen) atoms. The van der Waals surface area contributed by atoms with Crippen LogP contribution >= 0.6 is 11.3 Å². The van der Waals surface area contributed by atoms with E-state index in [9.17, 15) is 13.2 Å². The minimum atomic E-state index is -3.80. The molecule has 0 atom stereocenters. The molecule has 0 aliphatic rings. The van der Waals surface area contributed by atoms with Gasteiger partial charge in [0, 0.05) is 11.3 Å². The molecule has 0 bridgehead atoms. The van der Waals surface area contributed by atoms with Crippen molar-refractivity contribution >= 4 is 38.1 Å². The van der Waals surface area contributed by atoms with Crippen LogP contribution in [0.1, 0.15) is 22.3 Å². The number of anilines is 2. The highest BCUT2D eigenvalue weighted by atomic mass is 32.2. The van der Waals surface area contributed by atoms with Crippen LogP contribution in [0.4, 0.5) is 10.8 Å². The van der Waals surface area contributed by atoms with E-state index in [1.54, 1.807) is 36.4 Å². The number of carbonyl (C=O) groups is 1. The summed E-state index contributed by atoms with van der Waals surface area (Å²) in [6.07, 6.45) is 0.729. The maximum Gasteiger partial charge on any atom is 0.261 e. The molecule has 0 radical (unpaired) electrons. The SMILES string of the molecule is CCc1nnc(NC(=O)c2cccc(S(=O)(=O)Nc3ccccc3)c2)s1. The van der Waals surface area contributed by atoms with Gasteiger partial charge in [-0.1, -0.05) is 42.5 Å². The molecule has 9 heteroatoms. The van der Waals surface area contributed by atoms with E-state index in [2.05, 4.69) is 20.2 Å². The summed E-state index contributed by atoms with van der Waals surface area (Å²) in [5.41, 5.74) is 0.664. The Kier molecular flexibility index (Phi) is 5.29. The number of nitrogens with zero attached hydrogens (tertiary/aromatic N) is 2. The van der Waals surface area contributed by atoms with Gasteiger partial charge >= 0.3 is 0 Å². The third-order valence-electron chi connectivity index (χ3n) is 3.42. The van der Waals surface area contributed by atoms with E-state index in [1.807, 2.05) is 6.92 Å². The van der Waals surface area contributed by atoms with Crippen molar-refractivity contribution in [2.45, 2.75) is 18.2 Å². The van der Waals surface area contributed by atoms with E-state index in [4.69, 9.17) is 0 Å². The summed E-state index contributed by atoms with van der Waals surface area (Å²) in [7, 11) is -3.80. The Hall–Kier alpha value is -2.78. The van der Waals surface area contributed by atoms with Crippen molar-refractivity contribution in [3.8, 4) is 0 Å². The van der Waals surface area contributed by atoms with Crippen LogP contribution < -0.4 is 10.0 Å². The largest absolute Gasteiger partial charge is 0.296 e. The molecule has 0 spiro atoms. The molecule has 0 unspecified atom stereocenters. The van der Waals surface area contributed by atoms with Gasteiger partial charge in [0.25, 0.3) is 15.9 Å². The first kappa shape index (κ1) is 18.0. The lowest BCUT2D eigenvalue weighted by Crippen LogP contribution is -2.15. The Morgan fingerprint density at radius 1 is 1.08 bits per heavy atom. The van der Waals surface area contributed by atoms with Gasteiger partial charge in [-0.05, 0) is 36.8 Å². The van der Waals surface area contributed by atoms with E-state index in [-0.39, 0.29) is 10.5 Å². The third kappa shape index (κ3) is 4.24. The predicted molar refractivity (Wildman–Crippen MR) is 101 cm³/mol. The summed E-state index contributed by atoms with van der Waals surface area (Å²) >= 11 is 1.28. The molecule has 1 aromatic heterocycles. The van der Waals surface area contributed by atoms with Crippen LogP contribution in [-0.2, 0) is 16.4 Å². The second-order valence-electron chi connectivity index (χ2n) is 5.31. The lowest BCUT2D eigenvalue weighted by molar-refractivity contribution is 0.102. The van der Waals surface area contributed by atoms with Crippen LogP contribution in [0.25, 0.3) is 0 Å². The molecule has 2 aromatic carbocycles. The fourth-order valence-electron chi connectivity index (χ4n) is 2.14. The number of carbonyl (C=O) groups excluding carboxylic acids is 1. The quantitative estimate of drug-likeness (QED) is 0.675. The van der Waals surface area contributed by atoms with Crippen molar-refractivity contribution < 1.29 is 13.2 Å². The molecular weight excluding hydrogens is 372 g/mol. The molecular formula is C17H16N4O3S2. The van der Waals surface area contributed by atoms with Crippen LogP contribution in [0.3, 0.4) is 0 Å². The maximum atomic E-state index is 12.5. The van der Waals surface area contributed by atoms with Gasteiger partial charge in [-0.25, -0.2) is 8.42 Å². The Balaban J connectivity index is 1.79. The lowest BCUT2D eigenvalue weighted by Gasteiger charge is -2.09. The first-order chi connectivity index (χ1) is 12.5. The van der Waals surface area contributed by atoms with Crippen molar-refractivity contribution in [3.05, 3.63) is 65.2 Å². The first-order valence-corrected chi connectivity index (χ1v) is 10.1. The maximum absolute atomic E-state index is 12.5. The van der Waals surface area contributed by atoms with Gasteiger partial charge in [0.05, 0.1) is 4.90 Å². The van der Waals surface area contributed by atoms with Gasteiger partial charge in [0.1, 0.15) is 5.01 Å². The number of sulfonamides is 1. The van der Waals surface area contributed by atoms with Crippen molar-refractivity contribution in [2.24, 2.45) is 0 Å². The van der Waals surface area contributed by atoms with Crippen molar-refractivity contribution in [1.29, 1.82) is 0 Å². The lowest BCUT2D eigenvalue weighted by atomic mass is 10.2. The minimum absolute atomic E-state index is 0.000476. The molecule has 1 amide bonds. The molecule has 1 heterocycles. The van der Waals surface area contributed by atoms with E-state index in [1.165, 1.54) is 29.5 Å². The third-order valence-corrected chi connectivity index (χ3v) is 5.78. The number of aromatic nitrogens is 2. The van der Waals surface area contributed by atoms with Gasteiger partial charge in [-0.15, -0.1) is 10.2 Å². The summed E-state index contributed by atoms with van der Waals surface area (Å²) in [5.74, 6) is -0.444. The molecule has 0 fully saturated rings. The van der Waals surface area contributed by atoms with Crippen LogP contribution in [0, 0.1) is 0 Å². The van der Waals surface area contributed by atoms with Crippen molar-refractivity contribution in [1.82, 2.24) is 10.2 Å². The zero-order valence-electron chi connectivity index (χ0n) is 13.8. The Labute approximate surface area is 155 Å². The van der Waals surface area contributed by atoms with E-state index in [0.717, 1.165) is 11.4 Å². The monoisotopic (exact) mass is 388 g/mol. The second kappa shape index (κ2) is 7.63. The van der Waals surface area contributed by atoms with Gasteiger partial charge in [0.2, 0.25) is 5.13 Å². The number of amides is 1. The van der Waals surface area contributed by atoms with Gasteiger partial charge in [-0.3, -0.25) is 14.8 Å². The van der Waals surface area contributed by atoms with Gasteiger partial charge < -0.3 is 0 Å². The standard InChI is InChI=1S/C17H16N4O3S2/c1-2-15-19-20-17(25-15)18-16(22)12-7-6-10-14(11-12)26(23,24)21-13-8-4-3-5-9-13/h3-11,21H,2H2,1H3,(H,18,20,22). The highest BCUT2D eigenvalue weighted by molar-refractivity contribution is 7.92. The number of aryl methyl sites for hydroxylation is 1. The molecule has 0 saturated carbocycles. The molecule has 3 rings (SSSR count). The topological polar surface area (TPSA) is 101 Å². The summed E-state index contributed by atoms with van der Waals surface area (Å²) in [6, 6.07) is 14.4. The van der Waals surface area contributed by atoms with Crippen LogP contribution in [0.2, 0.25) is 0 Å². The van der Waals surface area contributed by atoms with Crippen molar-refractivity contribution in [2.75, 3.05) is 10.0 Å². The van der Waals surface area contributed by atoms with Crippen LogP contribution in [-0.4, -0.2) is 24.5 Å². The molecule has 2 N–H and O–H groups in total. The first-order valence-electron chi connectivity index (χ1n) is 7.79. The average molecular weight is 388 g/mol.